The molecule has 0 fully saturated rings. The number of aryl methyl sites for hydroxylation is 2. The molecule has 4 nitrogen and oxygen atoms in total. The molecule has 0 radical (unpaired) electrons. The Labute approximate surface area is 114 Å². The summed E-state index contributed by atoms with van der Waals surface area (Å²) in [6.45, 7) is 2.23. The molecule has 0 saturated carbocycles. The van der Waals surface area contributed by atoms with Crippen LogP contribution in [0.15, 0.2) is 22.7 Å². The first kappa shape index (κ1) is 13.1. The molecule has 1 aromatic heterocycles. The van der Waals surface area contributed by atoms with Crippen LogP contribution >= 0.6 is 15.9 Å². The first-order valence-corrected chi connectivity index (χ1v) is 6.67. The van der Waals surface area contributed by atoms with Crippen molar-refractivity contribution in [1.29, 1.82) is 0 Å². The van der Waals surface area contributed by atoms with Gasteiger partial charge in [0.1, 0.15) is 5.82 Å². The van der Waals surface area contributed by atoms with E-state index >= 15 is 0 Å². The van der Waals surface area contributed by atoms with Gasteiger partial charge >= 0.3 is 5.97 Å². The highest BCUT2D eigenvalue weighted by molar-refractivity contribution is 9.10. The van der Waals surface area contributed by atoms with E-state index in [4.69, 9.17) is 4.74 Å². The third kappa shape index (κ3) is 2.72. The van der Waals surface area contributed by atoms with Crippen molar-refractivity contribution in [2.45, 2.75) is 19.8 Å². The Bertz CT molecular complexity index is 578. The number of benzene rings is 1. The van der Waals surface area contributed by atoms with Crippen LogP contribution in [0.25, 0.3) is 11.0 Å². The Hall–Kier alpha value is -1.36. The summed E-state index contributed by atoms with van der Waals surface area (Å²) in [6.07, 6.45) is 0.966. The third-order valence-electron chi connectivity index (χ3n) is 2.79. The topological polar surface area (TPSA) is 44.1 Å². The van der Waals surface area contributed by atoms with Gasteiger partial charge in [-0.3, -0.25) is 4.79 Å². The Kier molecular flexibility index (Phi) is 4.01. The lowest BCUT2D eigenvalue weighted by Crippen LogP contribution is -2.07. The number of nitrogens with zero attached hydrogens (tertiary/aromatic N) is 2. The van der Waals surface area contributed by atoms with Crippen LogP contribution in [0.2, 0.25) is 0 Å². The van der Waals surface area contributed by atoms with E-state index in [1.165, 1.54) is 0 Å². The van der Waals surface area contributed by atoms with Gasteiger partial charge < -0.3 is 9.30 Å². The standard InChI is InChI=1S/C13H15BrN2O2/c1-3-18-13(17)7-6-12-15-10-8-9(14)4-5-11(10)16(12)2/h4-5,8H,3,6-7H2,1-2H3. The highest BCUT2D eigenvalue weighted by Crippen LogP contribution is 2.20. The van der Waals surface area contributed by atoms with Crippen LogP contribution in [0.4, 0.5) is 0 Å². The van der Waals surface area contributed by atoms with Gasteiger partial charge in [-0.1, -0.05) is 15.9 Å². The summed E-state index contributed by atoms with van der Waals surface area (Å²) in [4.78, 5) is 15.9. The number of hydrogen-bond acceptors (Lipinski definition) is 3. The number of carbonyl (C=O) groups is 1. The van der Waals surface area contributed by atoms with Crippen LogP contribution in [-0.2, 0) is 23.0 Å². The van der Waals surface area contributed by atoms with Gasteiger partial charge in [-0.15, -0.1) is 0 Å². The molecular formula is C13H15BrN2O2. The van der Waals surface area contributed by atoms with Crippen LogP contribution in [0, 0.1) is 0 Å². The van der Waals surface area contributed by atoms with Crippen LogP contribution in [-0.4, -0.2) is 22.1 Å². The summed E-state index contributed by atoms with van der Waals surface area (Å²) >= 11 is 3.43. The van der Waals surface area contributed by atoms with Crippen molar-refractivity contribution in [3.8, 4) is 0 Å². The number of aromatic nitrogens is 2. The van der Waals surface area contributed by atoms with E-state index in [2.05, 4.69) is 20.9 Å². The highest BCUT2D eigenvalue weighted by Gasteiger charge is 2.10. The Morgan fingerprint density at radius 2 is 2.28 bits per heavy atom. The molecular weight excluding hydrogens is 296 g/mol. The molecule has 1 aromatic carbocycles. The summed E-state index contributed by atoms with van der Waals surface area (Å²) in [5, 5.41) is 0. The Balaban J connectivity index is 2.18. The molecule has 0 spiro atoms. The van der Waals surface area contributed by atoms with E-state index in [0.29, 0.717) is 19.4 Å². The summed E-state index contributed by atoms with van der Waals surface area (Å²) < 4.78 is 7.93. The predicted molar refractivity (Wildman–Crippen MR) is 73.4 cm³/mol. The molecule has 0 aliphatic heterocycles. The van der Waals surface area contributed by atoms with E-state index in [9.17, 15) is 4.79 Å². The van der Waals surface area contributed by atoms with E-state index in [-0.39, 0.29) is 5.97 Å². The fourth-order valence-corrected chi connectivity index (χ4v) is 2.24. The van der Waals surface area contributed by atoms with E-state index in [0.717, 1.165) is 21.3 Å². The minimum absolute atomic E-state index is 0.175. The average Bonchev–Trinajstić information content (AvgIpc) is 2.63. The normalized spacial score (nSPS) is 10.8. The zero-order valence-electron chi connectivity index (χ0n) is 10.4. The number of imidazole rings is 1. The number of hydrogen-bond donors (Lipinski definition) is 0. The van der Waals surface area contributed by atoms with Crippen LogP contribution in [0.3, 0.4) is 0 Å². The summed E-state index contributed by atoms with van der Waals surface area (Å²) in [7, 11) is 1.96. The van der Waals surface area contributed by atoms with E-state index < -0.39 is 0 Å². The number of ether oxygens (including phenoxy) is 1. The number of carbonyl (C=O) groups excluding carboxylic acids is 1. The highest BCUT2D eigenvalue weighted by atomic mass is 79.9. The van der Waals surface area contributed by atoms with Crippen LogP contribution in [0.1, 0.15) is 19.2 Å². The Morgan fingerprint density at radius 1 is 1.50 bits per heavy atom. The monoisotopic (exact) mass is 310 g/mol. The average molecular weight is 311 g/mol. The second-order valence-corrected chi connectivity index (χ2v) is 4.94. The van der Waals surface area contributed by atoms with Crippen molar-refractivity contribution in [3.63, 3.8) is 0 Å². The quantitative estimate of drug-likeness (QED) is 0.816. The van der Waals surface area contributed by atoms with Crippen molar-refractivity contribution in [2.75, 3.05) is 6.61 Å². The van der Waals surface area contributed by atoms with Gasteiger partial charge in [0, 0.05) is 17.9 Å². The van der Waals surface area contributed by atoms with Gasteiger partial charge in [-0.05, 0) is 25.1 Å². The molecule has 0 bridgehead atoms. The minimum Gasteiger partial charge on any atom is -0.466 e. The summed E-state index contributed by atoms with van der Waals surface area (Å²) in [6, 6.07) is 5.97. The third-order valence-corrected chi connectivity index (χ3v) is 3.29. The molecule has 18 heavy (non-hydrogen) atoms. The molecule has 0 unspecified atom stereocenters. The van der Waals surface area contributed by atoms with Crippen molar-refractivity contribution < 1.29 is 9.53 Å². The molecule has 2 rings (SSSR count). The van der Waals surface area contributed by atoms with E-state index in [1.54, 1.807) is 0 Å². The molecule has 96 valence electrons. The second kappa shape index (κ2) is 5.52. The van der Waals surface area contributed by atoms with Crippen LogP contribution < -0.4 is 0 Å². The maximum Gasteiger partial charge on any atom is 0.306 e. The summed E-state index contributed by atoms with van der Waals surface area (Å²) in [5.41, 5.74) is 2.00. The van der Waals surface area contributed by atoms with Crippen LogP contribution in [0.5, 0.6) is 0 Å². The fraction of sp³-hybridized carbons (Fsp3) is 0.385. The van der Waals surface area contributed by atoms with Gasteiger partial charge in [0.2, 0.25) is 0 Å². The minimum atomic E-state index is -0.175. The fourth-order valence-electron chi connectivity index (χ4n) is 1.89. The molecule has 0 N–H and O–H groups in total. The largest absolute Gasteiger partial charge is 0.466 e. The number of fused-ring (bicyclic) bond motifs is 1. The zero-order chi connectivity index (χ0) is 13.1. The molecule has 0 aliphatic carbocycles. The van der Waals surface area contributed by atoms with Crippen molar-refractivity contribution in [1.82, 2.24) is 9.55 Å². The lowest BCUT2D eigenvalue weighted by atomic mass is 10.3. The zero-order valence-corrected chi connectivity index (χ0v) is 12.0. The maximum absolute atomic E-state index is 11.3. The molecule has 1 heterocycles. The van der Waals surface area contributed by atoms with Crippen molar-refractivity contribution in [2.24, 2.45) is 7.05 Å². The molecule has 5 heteroatoms. The predicted octanol–water partition coefficient (Wildman–Crippen LogP) is 2.83. The van der Waals surface area contributed by atoms with Gasteiger partial charge in [0.05, 0.1) is 24.1 Å². The summed E-state index contributed by atoms with van der Waals surface area (Å²) in [5.74, 6) is 0.724. The van der Waals surface area contributed by atoms with E-state index in [1.807, 2.05) is 36.7 Å². The van der Waals surface area contributed by atoms with Crippen molar-refractivity contribution in [3.05, 3.63) is 28.5 Å². The molecule has 2 aromatic rings. The molecule has 0 amide bonds. The molecule has 0 atom stereocenters. The lowest BCUT2D eigenvalue weighted by molar-refractivity contribution is -0.143. The Morgan fingerprint density at radius 3 is 3.00 bits per heavy atom. The molecule has 0 aliphatic rings. The number of esters is 1. The van der Waals surface area contributed by atoms with Gasteiger partial charge in [0.15, 0.2) is 0 Å². The first-order valence-electron chi connectivity index (χ1n) is 5.88. The lowest BCUT2D eigenvalue weighted by Gasteiger charge is -2.02. The van der Waals surface area contributed by atoms with Gasteiger partial charge in [0.25, 0.3) is 0 Å². The van der Waals surface area contributed by atoms with Crippen molar-refractivity contribution >= 4 is 32.9 Å². The number of halogens is 1. The molecule has 0 saturated heterocycles. The second-order valence-electron chi connectivity index (χ2n) is 4.03. The maximum atomic E-state index is 11.3. The van der Waals surface area contributed by atoms with Gasteiger partial charge in [-0.25, -0.2) is 4.98 Å². The first-order chi connectivity index (χ1) is 8.61. The smallest absolute Gasteiger partial charge is 0.306 e. The SMILES string of the molecule is CCOC(=O)CCc1nc2cc(Br)ccc2n1C. The van der Waals surface area contributed by atoms with Gasteiger partial charge in [-0.2, -0.15) is 0 Å². The number of rotatable bonds is 4.